The van der Waals surface area contributed by atoms with E-state index in [0.717, 1.165) is 31.6 Å². The molecule has 0 amide bonds. The van der Waals surface area contributed by atoms with Gasteiger partial charge in [-0.1, -0.05) is 0 Å². The molecule has 2 aliphatic rings. The van der Waals surface area contributed by atoms with E-state index < -0.39 is 0 Å². The molecule has 2 rings (SSSR count). The third-order valence-electron chi connectivity index (χ3n) is 3.56. The first kappa shape index (κ1) is 10.9. The summed E-state index contributed by atoms with van der Waals surface area (Å²) in [6.45, 7) is 5.37. The van der Waals surface area contributed by atoms with Crippen molar-refractivity contribution in [3.8, 4) is 6.07 Å². The second kappa shape index (κ2) is 4.96. The summed E-state index contributed by atoms with van der Waals surface area (Å²) in [6, 6.07) is 3.24. The molecular weight excluding hydrogens is 186 g/mol. The van der Waals surface area contributed by atoms with Gasteiger partial charge in [0.25, 0.3) is 0 Å². The highest BCUT2D eigenvalue weighted by molar-refractivity contribution is 4.91. The maximum Gasteiger partial charge on any atom is 0.0949 e. The quantitative estimate of drug-likeness (QED) is 0.756. The Morgan fingerprint density at radius 1 is 1.47 bits per heavy atom. The van der Waals surface area contributed by atoms with Crippen molar-refractivity contribution < 1.29 is 0 Å². The van der Waals surface area contributed by atoms with Gasteiger partial charge in [-0.2, -0.15) is 5.26 Å². The van der Waals surface area contributed by atoms with E-state index in [0.29, 0.717) is 0 Å². The molecule has 0 bridgehead atoms. The fraction of sp³-hybridized carbons (Fsp3) is 0.917. The zero-order valence-corrected chi connectivity index (χ0v) is 9.58. The molecule has 15 heavy (non-hydrogen) atoms. The van der Waals surface area contributed by atoms with Crippen LogP contribution in [0, 0.1) is 17.2 Å². The van der Waals surface area contributed by atoms with E-state index in [-0.39, 0.29) is 6.04 Å². The number of likely N-dealkylation sites (tertiary alicyclic amines) is 1. The van der Waals surface area contributed by atoms with Crippen LogP contribution in [0.2, 0.25) is 0 Å². The maximum absolute atomic E-state index is 8.89. The Bertz CT molecular complexity index is 242. The number of nitriles is 1. The lowest BCUT2D eigenvalue weighted by molar-refractivity contribution is 0.153. The number of hydrogen-bond acceptors (Lipinski definition) is 3. The first-order valence-electron chi connectivity index (χ1n) is 6.16. The van der Waals surface area contributed by atoms with Crippen LogP contribution in [0.4, 0.5) is 0 Å². The van der Waals surface area contributed by atoms with Gasteiger partial charge in [-0.3, -0.25) is 4.90 Å². The van der Waals surface area contributed by atoms with Crippen molar-refractivity contribution in [1.82, 2.24) is 10.2 Å². The topological polar surface area (TPSA) is 39.1 Å². The molecule has 1 saturated heterocycles. The van der Waals surface area contributed by atoms with Gasteiger partial charge in [0.05, 0.1) is 12.1 Å². The standard InChI is InChI=1S/C12H21N3/c1-10(7-13)15-6-2-3-11(9-15)8-14-12-4-5-12/h10-12,14H,2-6,8-9H2,1H3. The van der Waals surface area contributed by atoms with Crippen LogP contribution in [-0.2, 0) is 0 Å². The Morgan fingerprint density at radius 3 is 2.93 bits per heavy atom. The Labute approximate surface area is 92.4 Å². The average molecular weight is 207 g/mol. The lowest BCUT2D eigenvalue weighted by atomic mass is 9.97. The first-order valence-corrected chi connectivity index (χ1v) is 6.16. The van der Waals surface area contributed by atoms with Gasteiger partial charge < -0.3 is 5.32 Å². The van der Waals surface area contributed by atoms with Gasteiger partial charge in [0.15, 0.2) is 0 Å². The molecule has 0 aromatic carbocycles. The van der Waals surface area contributed by atoms with Gasteiger partial charge in [0, 0.05) is 12.6 Å². The second-order valence-corrected chi connectivity index (χ2v) is 4.99. The van der Waals surface area contributed by atoms with Gasteiger partial charge in [-0.05, 0) is 51.6 Å². The molecule has 0 radical (unpaired) electrons. The molecule has 0 spiro atoms. The van der Waals surface area contributed by atoms with Crippen molar-refractivity contribution >= 4 is 0 Å². The van der Waals surface area contributed by atoms with Gasteiger partial charge >= 0.3 is 0 Å². The van der Waals surface area contributed by atoms with Crippen LogP contribution in [0.25, 0.3) is 0 Å². The maximum atomic E-state index is 8.89. The molecule has 0 aromatic heterocycles. The SMILES string of the molecule is CC(C#N)N1CCCC(CNC2CC2)C1. The molecule has 1 saturated carbocycles. The van der Waals surface area contributed by atoms with E-state index >= 15 is 0 Å². The minimum atomic E-state index is 0.0914. The molecule has 1 N–H and O–H groups in total. The number of piperidine rings is 1. The summed E-state index contributed by atoms with van der Waals surface area (Å²) < 4.78 is 0. The fourth-order valence-electron chi connectivity index (χ4n) is 2.32. The summed E-state index contributed by atoms with van der Waals surface area (Å²) in [5.74, 6) is 0.759. The third-order valence-corrected chi connectivity index (χ3v) is 3.56. The summed E-state index contributed by atoms with van der Waals surface area (Å²) in [4.78, 5) is 2.32. The van der Waals surface area contributed by atoms with Crippen LogP contribution in [-0.4, -0.2) is 36.6 Å². The van der Waals surface area contributed by atoms with E-state index in [2.05, 4.69) is 16.3 Å². The van der Waals surface area contributed by atoms with Crippen molar-refractivity contribution in [1.29, 1.82) is 5.26 Å². The van der Waals surface area contributed by atoms with Crippen molar-refractivity contribution in [3.63, 3.8) is 0 Å². The summed E-state index contributed by atoms with van der Waals surface area (Å²) in [5, 5.41) is 12.5. The Kier molecular flexibility index (Phi) is 3.61. The molecule has 2 atom stereocenters. The largest absolute Gasteiger partial charge is 0.314 e. The molecule has 84 valence electrons. The summed E-state index contributed by atoms with van der Waals surface area (Å²) in [7, 11) is 0. The molecular formula is C12H21N3. The molecule has 3 heteroatoms. The molecule has 1 aliphatic heterocycles. The summed E-state index contributed by atoms with van der Waals surface area (Å²) in [6.07, 6.45) is 5.31. The zero-order valence-electron chi connectivity index (χ0n) is 9.58. The van der Waals surface area contributed by atoms with Crippen molar-refractivity contribution in [2.45, 2.75) is 44.7 Å². The number of nitrogens with one attached hydrogen (secondary N) is 1. The minimum absolute atomic E-state index is 0.0914. The predicted octanol–water partition coefficient (Wildman–Crippen LogP) is 1.36. The van der Waals surface area contributed by atoms with Crippen LogP contribution < -0.4 is 5.32 Å². The van der Waals surface area contributed by atoms with Crippen molar-refractivity contribution in [3.05, 3.63) is 0 Å². The molecule has 0 aromatic rings. The summed E-state index contributed by atoms with van der Waals surface area (Å²) in [5.41, 5.74) is 0. The van der Waals surface area contributed by atoms with Gasteiger partial charge in [-0.15, -0.1) is 0 Å². The number of hydrogen-bond donors (Lipinski definition) is 1. The van der Waals surface area contributed by atoms with Gasteiger partial charge in [-0.25, -0.2) is 0 Å². The smallest absolute Gasteiger partial charge is 0.0949 e. The molecule has 2 unspecified atom stereocenters. The van der Waals surface area contributed by atoms with Crippen LogP contribution in [0.5, 0.6) is 0 Å². The fourth-order valence-corrected chi connectivity index (χ4v) is 2.32. The normalized spacial score (nSPS) is 29.7. The highest BCUT2D eigenvalue weighted by Crippen LogP contribution is 2.22. The third kappa shape index (κ3) is 3.19. The lowest BCUT2D eigenvalue weighted by Crippen LogP contribution is -2.43. The van der Waals surface area contributed by atoms with Crippen LogP contribution >= 0.6 is 0 Å². The van der Waals surface area contributed by atoms with E-state index in [1.807, 2.05) is 6.92 Å². The average Bonchev–Trinajstić information content (AvgIpc) is 3.09. The van der Waals surface area contributed by atoms with E-state index in [4.69, 9.17) is 5.26 Å². The zero-order chi connectivity index (χ0) is 10.7. The number of nitrogens with zero attached hydrogens (tertiary/aromatic N) is 2. The monoisotopic (exact) mass is 207 g/mol. The van der Waals surface area contributed by atoms with E-state index in [1.54, 1.807) is 0 Å². The number of rotatable bonds is 4. The Balaban J connectivity index is 1.73. The molecule has 1 aliphatic carbocycles. The van der Waals surface area contributed by atoms with E-state index in [1.165, 1.54) is 25.7 Å². The predicted molar refractivity (Wildman–Crippen MR) is 60.4 cm³/mol. The Morgan fingerprint density at radius 2 is 2.27 bits per heavy atom. The first-order chi connectivity index (χ1) is 7.29. The van der Waals surface area contributed by atoms with Crippen LogP contribution in [0.3, 0.4) is 0 Å². The highest BCUT2D eigenvalue weighted by atomic mass is 15.2. The molecule has 3 nitrogen and oxygen atoms in total. The Hall–Kier alpha value is -0.590. The van der Waals surface area contributed by atoms with Gasteiger partial charge in [0.1, 0.15) is 0 Å². The van der Waals surface area contributed by atoms with E-state index in [9.17, 15) is 0 Å². The van der Waals surface area contributed by atoms with Crippen LogP contribution in [0.15, 0.2) is 0 Å². The molecule has 2 fully saturated rings. The van der Waals surface area contributed by atoms with Gasteiger partial charge in [0.2, 0.25) is 0 Å². The van der Waals surface area contributed by atoms with Crippen LogP contribution in [0.1, 0.15) is 32.6 Å². The summed E-state index contributed by atoms with van der Waals surface area (Å²) >= 11 is 0. The second-order valence-electron chi connectivity index (χ2n) is 4.99. The minimum Gasteiger partial charge on any atom is -0.314 e. The van der Waals surface area contributed by atoms with Crippen molar-refractivity contribution in [2.24, 2.45) is 5.92 Å². The van der Waals surface area contributed by atoms with Crippen molar-refractivity contribution in [2.75, 3.05) is 19.6 Å². The lowest BCUT2D eigenvalue weighted by Gasteiger charge is -2.34. The highest BCUT2D eigenvalue weighted by Gasteiger charge is 2.26. The molecule has 1 heterocycles.